The zero-order chi connectivity index (χ0) is 20.5. The fraction of sp³-hybridized carbons (Fsp3) is 0.588. The lowest BCUT2D eigenvalue weighted by molar-refractivity contribution is -0.284. The summed E-state index contributed by atoms with van der Waals surface area (Å²) in [5, 5.41) is 0.00657. The van der Waals surface area contributed by atoms with Crippen LogP contribution in [0.3, 0.4) is 0 Å². The predicted molar refractivity (Wildman–Crippen MR) is 94.8 cm³/mol. The summed E-state index contributed by atoms with van der Waals surface area (Å²) < 4.78 is 67.3. The second-order valence-corrected chi connectivity index (χ2v) is 8.42. The number of nitrogens with zero attached hydrogens (tertiary/aromatic N) is 3. The number of esters is 1. The molecule has 5 nitrogen and oxygen atoms in total. The maximum atomic E-state index is 15.4. The molecule has 3 aliphatic rings. The van der Waals surface area contributed by atoms with Gasteiger partial charge in [0.05, 0.1) is 12.0 Å². The molecule has 0 amide bonds. The number of aromatic nitrogens is 3. The van der Waals surface area contributed by atoms with E-state index in [2.05, 4.69) is 25.9 Å². The Morgan fingerprint density at radius 1 is 1.29 bits per heavy atom. The summed E-state index contributed by atoms with van der Waals surface area (Å²) in [7, 11) is 0. The molecule has 3 saturated carbocycles. The summed E-state index contributed by atoms with van der Waals surface area (Å²) in [6.45, 7) is 1.30. The van der Waals surface area contributed by atoms with Crippen LogP contribution in [-0.2, 0) is 14.9 Å². The van der Waals surface area contributed by atoms with Gasteiger partial charge in [0, 0.05) is 25.2 Å². The third-order valence-electron chi connectivity index (χ3n) is 5.99. The molecule has 2 aromatic heterocycles. The van der Waals surface area contributed by atoms with E-state index in [9.17, 15) is 4.79 Å². The van der Waals surface area contributed by atoms with Crippen LogP contribution in [-0.4, -0.2) is 38.8 Å². The second kappa shape index (κ2) is 6.04. The summed E-state index contributed by atoms with van der Waals surface area (Å²) >= 11 is 9.20. The lowest BCUT2D eigenvalue weighted by Gasteiger charge is -2.58. The SMILES string of the molecule is CCOC(=O)C12CCC(c3nc(Br)c4c(Cl)nccn34)(CC1(F)F)C(F)(F)C2. The molecule has 2 unspecified atom stereocenters. The highest BCUT2D eigenvalue weighted by molar-refractivity contribution is 9.10. The standard InChI is InChI=1S/C17H15BrClF4N3O2/c1-2-28-13(27)15-4-3-14(7-17(15,22)23,16(20,21)8-15)12-25-10(18)9-11(19)24-5-6-26(9)12/h5-6H,2-4,7-8H2,1H3. The summed E-state index contributed by atoms with van der Waals surface area (Å²) in [6.07, 6.45) is -0.609. The van der Waals surface area contributed by atoms with Crippen LogP contribution in [0.1, 0.15) is 38.4 Å². The number of halogens is 6. The van der Waals surface area contributed by atoms with E-state index in [1.54, 1.807) is 0 Å². The van der Waals surface area contributed by atoms with Crippen LogP contribution in [0.2, 0.25) is 5.15 Å². The van der Waals surface area contributed by atoms with Crippen molar-refractivity contribution in [3.8, 4) is 0 Å². The Hall–Kier alpha value is -1.42. The summed E-state index contributed by atoms with van der Waals surface area (Å²) in [5.74, 6) is -8.76. The number of carbonyl (C=O) groups excluding carboxylic acids is 1. The quantitative estimate of drug-likeness (QED) is 0.464. The molecule has 2 atom stereocenters. The van der Waals surface area contributed by atoms with E-state index in [0.717, 1.165) is 0 Å². The third kappa shape index (κ3) is 2.33. The van der Waals surface area contributed by atoms with E-state index in [4.69, 9.17) is 16.3 Å². The molecule has 5 rings (SSSR count). The van der Waals surface area contributed by atoms with Crippen molar-refractivity contribution in [3.63, 3.8) is 0 Å². The maximum absolute atomic E-state index is 15.4. The first kappa shape index (κ1) is 19.9. The average Bonchev–Trinajstić information content (AvgIpc) is 2.94. The van der Waals surface area contributed by atoms with Crippen LogP contribution in [0.4, 0.5) is 17.6 Å². The van der Waals surface area contributed by atoms with Crippen molar-refractivity contribution < 1.29 is 27.1 Å². The molecule has 2 aromatic rings. The van der Waals surface area contributed by atoms with Gasteiger partial charge in [-0.05, 0) is 35.7 Å². The summed E-state index contributed by atoms with van der Waals surface area (Å²) in [4.78, 5) is 20.3. The molecule has 11 heteroatoms. The van der Waals surface area contributed by atoms with Crippen molar-refractivity contribution in [2.75, 3.05) is 6.61 Å². The van der Waals surface area contributed by atoms with Gasteiger partial charge in [0.1, 0.15) is 21.4 Å². The first-order chi connectivity index (χ1) is 13.0. The fourth-order valence-electron chi connectivity index (χ4n) is 4.57. The van der Waals surface area contributed by atoms with Crippen LogP contribution < -0.4 is 0 Å². The Morgan fingerprint density at radius 2 is 2.00 bits per heavy atom. The molecule has 0 saturated heterocycles. The van der Waals surface area contributed by atoms with Gasteiger partial charge in [-0.15, -0.1) is 0 Å². The van der Waals surface area contributed by atoms with E-state index in [1.165, 1.54) is 23.7 Å². The topological polar surface area (TPSA) is 56.5 Å². The number of imidazole rings is 1. The molecule has 0 N–H and O–H groups in total. The van der Waals surface area contributed by atoms with Crippen molar-refractivity contribution in [3.05, 3.63) is 28.0 Å². The molecular weight excluding hydrogens is 470 g/mol. The third-order valence-corrected chi connectivity index (χ3v) is 6.82. The van der Waals surface area contributed by atoms with Gasteiger partial charge >= 0.3 is 5.97 Å². The smallest absolute Gasteiger partial charge is 0.318 e. The Kier molecular flexibility index (Phi) is 4.29. The zero-order valence-corrected chi connectivity index (χ0v) is 17.0. The maximum Gasteiger partial charge on any atom is 0.318 e. The molecule has 0 radical (unpaired) electrons. The van der Waals surface area contributed by atoms with E-state index >= 15 is 17.6 Å². The largest absolute Gasteiger partial charge is 0.465 e. The minimum absolute atomic E-state index is 0.00657. The highest BCUT2D eigenvalue weighted by Gasteiger charge is 2.79. The Morgan fingerprint density at radius 3 is 2.61 bits per heavy atom. The molecule has 2 heterocycles. The van der Waals surface area contributed by atoms with Gasteiger partial charge in [-0.3, -0.25) is 9.20 Å². The number of fused-ring (bicyclic) bond motifs is 4. The van der Waals surface area contributed by atoms with Crippen LogP contribution in [0.5, 0.6) is 0 Å². The van der Waals surface area contributed by atoms with Gasteiger partial charge in [-0.1, -0.05) is 11.6 Å². The monoisotopic (exact) mass is 483 g/mol. The number of alkyl halides is 4. The molecule has 2 bridgehead atoms. The van der Waals surface area contributed by atoms with Crippen molar-refractivity contribution in [2.24, 2.45) is 5.41 Å². The fourth-order valence-corrected chi connectivity index (χ4v) is 5.47. The zero-order valence-electron chi connectivity index (χ0n) is 14.6. The minimum atomic E-state index is -3.67. The highest BCUT2D eigenvalue weighted by Crippen LogP contribution is 2.69. The normalized spacial score (nSPS) is 30.5. The van der Waals surface area contributed by atoms with Crippen molar-refractivity contribution in [1.82, 2.24) is 14.4 Å². The Bertz CT molecular complexity index is 985. The lowest BCUT2D eigenvalue weighted by atomic mass is 9.49. The van der Waals surface area contributed by atoms with Gasteiger partial charge in [-0.2, -0.15) is 0 Å². The van der Waals surface area contributed by atoms with Gasteiger partial charge in [-0.25, -0.2) is 27.5 Å². The Labute approximate surface area is 170 Å². The second-order valence-electron chi connectivity index (χ2n) is 7.31. The van der Waals surface area contributed by atoms with Crippen molar-refractivity contribution in [1.29, 1.82) is 0 Å². The van der Waals surface area contributed by atoms with Gasteiger partial charge in [0.2, 0.25) is 0 Å². The molecular formula is C17H15BrClF4N3O2. The number of hydrogen-bond acceptors (Lipinski definition) is 4. The Balaban J connectivity index is 1.91. The molecule has 0 aliphatic heterocycles. The molecule has 3 aliphatic carbocycles. The van der Waals surface area contributed by atoms with Gasteiger partial charge < -0.3 is 4.74 Å². The number of carbonyl (C=O) groups is 1. The predicted octanol–water partition coefficient (Wildman–Crippen LogP) is 4.79. The molecule has 0 spiro atoms. The molecule has 152 valence electrons. The molecule has 28 heavy (non-hydrogen) atoms. The first-order valence-electron chi connectivity index (χ1n) is 8.63. The van der Waals surface area contributed by atoms with Crippen molar-refractivity contribution in [2.45, 2.75) is 49.9 Å². The molecule has 3 fully saturated rings. The van der Waals surface area contributed by atoms with Gasteiger partial charge in [0.25, 0.3) is 11.8 Å². The molecule has 0 aromatic carbocycles. The average molecular weight is 485 g/mol. The number of rotatable bonds is 3. The van der Waals surface area contributed by atoms with E-state index in [0.29, 0.717) is 0 Å². The van der Waals surface area contributed by atoms with E-state index in [-0.39, 0.29) is 34.1 Å². The van der Waals surface area contributed by atoms with Crippen LogP contribution in [0.25, 0.3) is 5.52 Å². The minimum Gasteiger partial charge on any atom is -0.465 e. The van der Waals surface area contributed by atoms with E-state index < -0.39 is 47.9 Å². The van der Waals surface area contributed by atoms with E-state index in [1.807, 2.05) is 0 Å². The lowest BCUT2D eigenvalue weighted by Crippen LogP contribution is -2.69. The first-order valence-corrected chi connectivity index (χ1v) is 9.80. The highest BCUT2D eigenvalue weighted by atomic mass is 79.9. The summed E-state index contributed by atoms with van der Waals surface area (Å²) in [5.41, 5.74) is -4.55. The van der Waals surface area contributed by atoms with Gasteiger partial charge in [0.15, 0.2) is 5.15 Å². The number of ether oxygens (including phenoxy) is 1. The van der Waals surface area contributed by atoms with Crippen LogP contribution >= 0.6 is 27.5 Å². The van der Waals surface area contributed by atoms with Crippen molar-refractivity contribution >= 4 is 39.0 Å². The summed E-state index contributed by atoms with van der Waals surface area (Å²) in [6, 6.07) is 0. The van der Waals surface area contributed by atoms with Crippen LogP contribution in [0.15, 0.2) is 17.0 Å². The number of hydrogen-bond donors (Lipinski definition) is 0. The van der Waals surface area contributed by atoms with Crippen LogP contribution in [0, 0.1) is 5.41 Å².